The number of nitrogens with zero attached hydrogens (tertiary/aromatic N) is 1. The molecule has 39 heavy (non-hydrogen) atoms. The first-order valence-corrected chi connectivity index (χ1v) is 13.4. The molecule has 2 rings (SSSR count). The number of nitrogens with two attached hydrogens (primary N) is 3. The minimum atomic E-state index is -1.17. The maximum Gasteiger partial charge on any atom is 0.326 e. The van der Waals surface area contributed by atoms with Crippen molar-refractivity contribution in [3.63, 3.8) is 0 Å². The highest BCUT2D eigenvalue weighted by atomic mass is 16.4. The maximum absolute atomic E-state index is 13.4. The minimum absolute atomic E-state index is 0.0748. The Hall–Kier alpha value is -3.71. The molecular formula is C26H42N8O5. The Balaban J connectivity index is 2.18. The molecule has 1 heterocycles. The zero-order chi connectivity index (χ0) is 28.6. The number of carboxylic acids is 1. The van der Waals surface area contributed by atoms with E-state index in [1.807, 2.05) is 18.2 Å². The van der Waals surface area contributed by atoms with Crippen LogP contribution in [0.4, 0.5) is 0 Å². The van der Waals surface area contributed by atoms with E-state index in [1.165, 1.54) is 0 Å². The summed E-state index contributed by atoms with van der Waals surface area (Å²) in [5.74, 6) is -2.73. The van der Waals surface area contributed by atoms with Crippen molar-refractivity contribution >= 4 is 29.7 Å². The van der Waals surface area contributed by atoms with Crippen LogP contribution in [0.3, 0.4) is 0 Å². The average Bonchev–Trinajstić information content (AvgIpc) is 3.45. The molecule has 1 fully saturated rings. The Morgan fingerprint density at radius 2 is 1.62 bits per heavy atom. The van der Waals surface area contributed by atoms with Gasteiger partial charge >= 0.3 is 5.97 Å². The van der Waals surface area contributed by atoms with Crippen LogP contribution in [0.25, 0.3) is 0 Å². The molecule has 4 atom stereocenters. The van der Waals surface area contributed by atoms with Gasteiger partial charge in [-0.2, -0.15) is 0 Å². The van der Waals surface area contributed by atoms with Gasteiger partial charge in [0.05, 0.1) is 6.04 Å². The molecule has 11 N–H and O–H groups in total. The van der Waals surface area contributed by atoms with Gasteiger partial charge in [0, 0.05) is 13.0 Å². The van der Waals surface area contributed by atoms with Crippen molar-refractivity contribution in [2.45, 2.75) is 75.5 Å². The van der Waals surface area contributed by atoms with Crippen LogP contribution in [0.1, 0.15) is 50.5 Å². The number of carbonyl (C=O) groups is 4. The van der Waals surface area contributed by atoms with Gasteiger partial charge in [0.15, 0.2) is 5.96 Å². The number of aliphatic carboxylic acids is 1. The third-order valence-electron chi connectivity index (χ3n) is 6.43. The lowest BCUT2D eigenvalue weighted by molar-refractivity contribution is -0.142. The Morgan fingerprint density at radius 3 is 2.23 bits per heavy atom. The molecule has 0 aliphatic carbocycles. The molecule has 13 heteroatoms. The fourth-order valence-electron chi connectivity index (χ4n) is 4.31. The molecule has 1 aromatic rings. The zero-order valence-corrected chi connectivity index (χ0v) is 22.2. The lowest BCUT2D eigenvalue weighted by atomic mass is 10.0. The van der Waals surface area contributed by atoms with Crippen molar-refractivity contribution in [2.24, 2.45) is 22.2 Å². The molecule has 0 spiro atoms. The highest BCUT2D eigenvalue weighted by Crippen LogP contribution is 2.09. The van der Waals surface area contributed by atoms with Crippen molar-refractivity contribution in [2.75, 3.05) is 19.6 Å². The van der Waals surface area contributed by atoms with Crippen LogP contribution < -0.4 is 38.5 Å². The molecule has 1 aliphatic heterocycles. The number of carboxylic acid groups (broad SMARTS) is 1. The molecule has 3 amide bonds. The second kappa shape index (κ2) is 17.0. The fourth-order valence-corrected chi connectivity index (χ4v) is 4.31. The van der Waals surface area contributed by atoms with Crippen molar-refractivity contribution in [1.82, 2.24) is 21.3 Å². The van der Waals surface area contributed by atoms with E-state index in [-0.39, 0.29) is 37.7 Å². The largest absolute Gasteiger partial charge is 0.480 e. The Bertz CT molecular complexity index is 964. The van der Waals surface area contributed by atoms with Gasteiger partial charge in [-0.25, -0.2) is 4.79 Å². The second-order valence-corrected chi connectivity index (χ2v) is 9.59. The van der Waals surface area contributed by atoms with Crippen molar-refractivity contribution in [1.29, 1.82) is 0 Å². The van der Waals surface area contributed by atoms with Crippen molar-refractivity contribution in [3.8, 4) is 0 Å². The van der Waals surface area contributed by atoms with Gasteiger partial charge in [0.1, 0.15) is 18.1 Å². The topological polar surface area (TPSA) is 227 Å². The van der Waals surface area contributed by atoms with E-state index >= 15 is 0 Å². The highest BCUT2D eigenvalue weighted by Gasteiger charge is 2.31. The summed E-state index contributed by atoms with van der Waals surface area (Å²) in [5.41, 5.74) is 17.0. The maximum atomic E-state index is 13.4. The number of hydrogen-bond donors (Lipinski definition) is 8. The smallest absolute Gasteiger partial charge is 0.326 e. The van der Waals surface area contributed by atoms with Crippen LogP contribution in [0, 0.1) is 0 Å². The van der Waals surface area contributed by atoms with Crippen molar-refractivity contribution in [3.05, 3.63) is 35.9 Å². The average molecular weight is 547 g/mol. The summed E-state index contributed by atoms with van der Waals surface area (Å²) in [4.78, 5) is 55.2. The number of nitrogens with one attached hydrogen (secondary N) is 4. The first-order chi connectivity index (χ1) is 18.7. The summed E-state index contributed by atoms with van der Waals surface area (Å²) in [6.07, 6.45) is 3.66. The number of hydrogen-bond acceptors (Lipinski definition) is 7. The van der Waals surface area contributed by atoms with Gasteiger partial charge in [-0.15, -0.1) is 0 Å². The van der Waals surface area contributed by atoms with E-state index in [0.717, 1.165) is 18.5 Å². The van der Waals surface area contributed by atoms with Crippen LogP contribution in [-0.2, 0) is 25.6 Å². The summed E-state index contributed by atoms with van der Waals surface area (Å²) in [7, 11) is 0. The Morgan fingerprint density at radius 1 is 0.949 bits per heavy atom. The number of aliphatic imine (C=N–C) groups is 1. The Labute approximate surface area is 228 Å². The summed E-state index contributed by atoms with van der Waals surface area (Å²) in [5, 5.41) is 20.8. The third-order valence-corrected chi connectivity index (χ3v) is 6.43. The van der Waals surface area contributed by atoms with Crippen LogP contribution in [0.2, 0.25) is 0 Å². The van der Waals surface area contributed by atoms with Crippen LogP contribution in [0.5, 0.6) is 0 Å². The Kier molecular flexibility index (Phi) is 13.7. The molecule has 1 saturated heterocycles. The lowest BCUT2D eigenvalue weighted by Gasteiger charge is -2.25. The van der Waals surface area contributed by atoms with E-state index in [9.17, 15) is 24.3 Å². The number of unbranched alkanes of at least 4 members (excludes halogenated alkanes) is 1. The predicted molar refractivity (Wildman–Crippen MR) is 147 cm³/mol. The molecule has 1 aromatic carbocycles. The van der Waals surface area contributed by atoms with E-state index in [1.54, 1.807) is 12.1 Å². The first kappa shape index (κ1) is 31.5. The third kappa shape index (κ3) is 11.7. The van der Waals surface area contributed by atoms with Gasteiger partial charge in [0.25, 0.3) is 0 Å². The van der Waals surface area contributed by atoms with E-state index in [2.05, 4.69) is 26.3 Å². The predicted octanol–water partition coefficient (Wildman–Crippen LogP) is -1.30. The van der Waals surface area contributed by atoms with Gasteiger partial charge in [-0.05, 0) is 63.6 Å². The quantitative estimate of drug-likeness (QED) is 0.0659. The number of rotatable bonds is 17. The molecule has 0 saturated carbocycles. The monoisotopic (exact) mass is 546 g/mol. The molecular weight excluding hydrogens is 504 g/mol. The number of benzene rings is 1. The molecule has 0 bridgehead atoms. The minimum Gasteiger partial charge on any atom is -0.480 e. The molecule has 4 unspecified atom stereocenters. The van der Waals surface area contributed by atoms with E-state index in [4.69, 9.17) is 17.2 Å². The lowest BCUT2D eigenvalue weighted by Crippen LogP contribution is -2.57. The number of carbonyl (C=O) groups excluding carboxylic acids is 3. The molecule has 0 radical (unpaired) electrons. The second-order valence-electron chi connectivity index (χ2n) is 9.59. The summed E-state index contributed by atoms with van der Waals surface area (Å²) in [6, 6.07) is 5.52. The summed E-state index contributed by atoms with van der Waals surface area (Å²) >= 11 is 0. The molecule has 0 aromatic heterocycles. The first-order valence-electron chi connectivity index (χ1n) is 13.4. The fraction of sp³-hybridized carbons (Fsp3) is 0.577. The molecule has 216 valence electrons. The van der Waals surface area contributed by atoms with Gasteiger partial charge in [0.2, 0.25) is 17.7 Å². The SMILES string of the molecule is NCCCCC(NC(=O)C(Cc1ccccc1)NC(=O)C(CCCN=C(N)N)NC(=O)C1CCCN1)C(=O)O. The standard InChI is InChI=1S/C26H42N8O5/c27-13-5-4-10-20(25(38)39)33-24(37)21(16-17-8-2-1-3-9-17)34-23(36)19(12-7-15-31-26(28)29)32-22(35)18-11-6-14-30-18/h1-3,8-9,18-21,30H,4-7,10-16,27H2,(H,32,35)(H,33,37)(H,34,36)(H,38,39)(H4,28,29,31). The van der Waals surface area contributed by atoms with E-state index < -0.39 is 42.0 Å². The molecule has 1 aliphatic rings. The molecule has 13 nitrogen and oxygen atoms in total. The summed E-state index contributed by atoms with van der Waals surface area (Å²) < 4.78 is 0. The van der Waals surface area contributed by atoms with Gasteiger partial charge in [-0.3, -0.25) is 19.4 Å². The van der Waals surface area contributed by atoms with Gasteiger partial charge in [-0.1, -0.05) is 30.3 Å². The normalized spacial score (nSPS) is 16.9. The highest BCUT2D eigenvalue weighted by molar-refractivity contribution is 5.94. The number of amides is 3. The summed E-state index contributed by atoms with van der Waals surface area (Å²) in [6.45, 7) is 1.40. The zero-order valence-electron chi connectivity index (χ0n) is 22.2. The van der Waals surface area contributed by atoms with Crippen LogP contribution in [-0.4, -0.2) is 78.6 Å². The van der Waals surface area contributed by atoms with Gasteiger partial charge < -0.3 is 43.6 Å². The van der Waals surface area contributed by atoms with Crippen LogP contribution in [0.15, 0.2) is 35.3 Å². The number of guanidine groups is 1. The van der Waals surface area contributed by atoms with Crippen molar-refractivity contribution < 1.29 is 24.3 Å². The van der Waals surface area contributed by atoms with E-state index in [0.29, 0.717) is 32.2 Å². The van der Waals surface area contributed by atoms with Crippen LogP contribution >= 0.6 is 0 Å².